The quantitative estimate of drug-likeness (QED) is 0.354. The second-order valence-electron chi connectivity index (χ2n) is 2.18. The summed E-state index contributed by atoms with van der Waals surface area (Å²) in [6.45, 7) is 1.82. The van der Waals surface area contributed by atoms with E-state index in [2.05, 4.69) is 11.2 Å². The monoisotopic (exact) mass is 153 g/mol. The van der Waals surface area contributed by atoms with E-state index in [-0.39, 0.29) is 18.1 Å². The van der Waals surface area contributed by atoms with Gasteiger partial charge in [-0.1, -0.05) is 0 Å². The maximum atomic E-state index is 10.7. The molecule has 3 heteroatoms. The first-order chi connectivity index (χ1) is 5.16. The lowest BCUT2D eigenvalue weighted by atomic mass is 10.3. The number of ketones is 1. The third-order valence-corrected chi connectivity index (χ3v) is 1.00. The Morgan fingerprint density at radius 2 is 2.18 bits per heavy atom. The molecule has 0 spiro atoms. The minimum Gasteiger partial charge on any atom is -0.355 e. The number of hydrogen-bond acceptors (Lipinski definition) is 2. The highest BCUT2D eigenvalue weighted by atomic mass is 16.2. The molecule has 60 valence electrons. The van der Waals surface area contributed by atoms with Gasteiger partial charge >= 0.3 is 0 Å². The van der Waals surface area contributed by atoms with Crippen molar-refractivity contribution in [2.75, 3.05) is 6.54 Å². The van der Waals surface area contributed by atoms with Gasteiger partial charge in [0.2, 0.25) is 5.91 Å². The van der Waals surface area contributed by atoms with Crippen LogP contribution in [0.5, 0.6) is 0 Å². The molecule has 0 aliphatic carbocycles. The van der Waals surface area contributed by atoms with Gasteiger partial charge in [0.25, 0.3) is 0 Å². The first kappa shape index (κ1) is 9.70. The first-order valence-electron chi connectivity index (χ1n) is 3.36. The van der Waals surface area contributed by atoms with Crippen molar-refractivity contribution in [1.82, 2.24) is 5.32 Å². The SMILES string of the molecule is C#CCCNC(=O)CC(C)=O. The molecule has 11 heavy (non-hydrogen) atoms. The van der Waals surface area contributed by atoms with Gasteiger partial charge in [-0.05, 0) is 6.92 Å². The molecule has 0 saturated heterocycles. The predicted molar refractivity (Wildman–Crippen MR) is 41.8 cm³/mol. The van der Waals surface area contributed by atoms with Gasteiger partial charge in [-0.25, -0.2) is 0 Å². The maximum absolute atomic E-state index is 10.7. The van der Waals surface area contributed by atoms with Gasteiger partial charge < -0.3 is 5.32 Å². The molecule has 0 fully saturated rings. The van der Waals surface area contributed by atoms with Crippen LogP contribution in [0.15, 0.2) is 0 Å². The van der Waals surface area contributed by atoms with Crippen LogP contribution in [0.1, 0.15) is 19.8 Å². The van der Waals surface area contributed by atoms with E-state index in [0.29, 0.717) is 13.0 Å². The smallest absolute Gasteiger partial charge is 0.227 e. The zero-order valence-corrected chi connectivity index (χ0v) is 6.52. The third kappa shape index (κ3) is 6.59. The molecular weight excluding hydrogens is 142 g/mol. The van der Waals surface area contributed by atoms with Crippen molar-refractivity contribution in [3.8, 4) is 12.3 Å². The number of hydrogen-bond donors (Lipinski definition) is 1. The van der Waals surface area contributed by atoms with Gasteiger partial charge in [-0.2, -0.15) is 0 Å². The van der Waals surface area contributed by atoms with E-state index in [1.165, 1.54) is 6.92 Å². The fourth-order valence-corrected chi connectivity index (χ4v) is 0.563. The van der Waals surface area contributed by atoms with Crippen LogP contribution < -0.4 is 5.32 Å². The number of rotatable bonds is 4. The van der Waals surface area contributed by atoms with E-state index in [1.807, 2.05) is 0 Å². The van der Waals surface area contributed by atoms with Crippen molar-refractivity contribution in [2.45, 2.75) is 19.8 Å². The predicted octanol–water partition coefficient (Wildman–Crippen LogP) is 0.105. The molecule has 0 heterocycles. The molecule has 0 aromatic rings. The Morgan fingerprint density at radius 3 is 2.64 bits per heavy atom. The largest absolute Gasteiger partial charge is 0.355 e. The zero-order valence-electron chi connectivity index (χ0n) is 6.52. The summed E-state index contributed by atoms with van der Waals surface area (Å²) in [5, 5.41) is 2.51. The third-order valence-electron chi connectivity index (χ3n) is 1.00. The van der Waals surface area contributed by atoms with Crippen LogP contribution in [0, 0.1) is 12.3 Å². The van der Waals surface area contributed by atoms with Gasteiger partial charge in [0.05, 0.1) is 6.42 Å². The minimum absolute atomic E-state index is 0.0510. The molecular formula is C8H11NO2. The highest BCUT2D eigenvalue weighted by molar-refractivity contribution is 5.96. The van der Waals surface area contributed by atoms with Crippen molar-refractivity contribution in [2.24, 2.45) is 0 Å². The van der Waals surface area contributed by atoms with Crippen molar-refractivity contribution in [3.63, 3.8) is 0 Å². The average molecular weight is 153 g/mol. The second-order valence-corrected chi connectivity index (χ2v) is 2.18. The van der Waals surface area contributed by atoms with Crippen LogP contribution in [0.25, 0.3) is 0 Å². The summed E-state index contributed by atoms with van der Waals surface area (Å²) in [6, 6.07) is 0. The lowest BCUT2D eigenvalue weighted by molar-refractivity contribution is -0.127. The molecule has 0 bridgehead atoms. The van der Waals surface area contributed by atoms with E-state index >= 15 is 0 Å². The van der Waals surface area contributed by atoms with Crippen molar-refractivity contribution in [1.29, 1.82) is 0 Å². The molecule has 1 amide bonds. The van der Waals surface area contributed by atoms with E-state index < -0.39 is 0 Å². The first-order valence-corrected chi connectivity index (χ1v) is 3.36. The Morgan fingerprint density at radius 1 is 1.55 bits per heavy atom. The number of nitrogens with one attached hydrogen (secondary N) is 1. The number of terminal acetylenes is 1. The number of carbonyl (C=O) groups excluding carboxylic acids is 2. The molecule has 0 rings (SSSR count). The van der Waals surface area contributed by atoms with E-state index in [0.717, 1.165) is 0 Å². The summed E-state index contributed by atoms with van der Waals surface area (Å²) in [6.07, 6.45) is 5.40. The lowest BCUT2D eigenvalue weighted by Crippen LogP contribution is -2.25. The average Bonchev–Trinajstić information content (AvgIpc) is 1.86. The summed E-state index contributed by atoms with van der Waals surface area (Å²) >= 11 is 0. The van der Waals surface area contributed by atoms with Crippen LogP contribution in [0.4, 0.5) is 0 Å². The highest BCUT2D eigenvalue weighted by Crippen LogP contribution is 1.81. The Hall–Kier alpha value is -1.30. The summed E-state index contributed by atoms with van der Waals surface area (Å²) in [7, 11) is 0. The number of carbonyl (C=O) groups is 2. The molecule has 1 N–H and O–H groups in total. The normalized spacial score (nSPS) is 8.36. The van der Waals surface area contributed by atoms with Crippen LogP contribution in [-0.4, -0.2) is 18.2 Å². The van der Waals surface area contributed by atoms with Gasteiger partial charge in [-0.15, -0.1) is 12.3 Å². The standard InChI is InChI=1S/C8H11NO2/c1-3-4-5-9-8(11)6-7(2)10/h1H,4-6H2,2H3,(H,9,11). The van der Waals surface area contributed by atoms with Crippen molar-refractivity contribution in [3.05, 3.63) is 0 Å². The molecule has 0 aromatic carbocycles. The topological polar surface area (TPSA) is 46.2 Å². The summed E-state index contributed by atoms with van der Waals surface area (Å²) < 4.78 is 0. The summed E-state index contributed by atoms with van der Waals surface area (Å²) in [5.41, 5.74) is 0. The van der Waals surface area contributed by atoms with E-state index in [4.69, 9.17) is 6.42 Å². The van der Waals surface area contributed by atoms with Crippen LogP contribution in [0.2, 0.25) is 0 Å². The molecule has 0 aromatic heterocycles. The van der Waals surface area contributed by atoms with Crippen LogP contribution >= 0.6 is 0 Å². The van der Waals surface area contributed by atoms with E-state index in [9.17, 15) is 9.59 Å². The second kappa shape index (κ2) is 5.48. The lowest BCUT2D eigenvalue weighted by Gasteiger charge is -1.98. The van der Waals surface area contributed by atoms with Gasteiger partial charge in [-0.3, -0.25) is 9.59 Å². The van der Waals surface area contributed by atoms with Crippen molar-refractivity contribution >= 4 is 11.7 Å². The Balaban J connectivity index is 3.39. The summed E-state index contributed by atoms with van der Waals surface area (Å²) in [5.74, 6) is 1.98. The Labute approximate surface area is 66.2 Å². The highest BCUT2D eigenvalue weighted by Gasteiger charge is 2.02. The molecule has 0 saturated carbocycles. The van der Waals surface area contributed by atoms with E-state index in [1.54, 1.807) is 0 Å². The molecule has 0 aliphatic rings. The summed E-state index contributed by atoms with van der Waals surface area (Å²) in [4.78, 5) is 21.1. The Kier molecular flexibility index (Phi) is 4.83. The fraction of sp³-hybridized carbons (Fsp3) is 0.500. The zero-order chi connectivity index (χ0) is 8.69. The molecule has 0 unspecified atom stereocenters. The molecule has 0 aliphatic heterocycles. The molecule has 0 radical (unpaired) electrons. The Bertz CT molecular complexity index is 191. The maximum Gasteiger partial charge on any atom is 0.227 e. The van der Waals surface area contributed by atoms with Crippen LogP contribution in [-0.2, 0) is 9.59 Å². The number of amides is 1. The van der Waals surface area contributed by atoms with Gasteiger partial charge in [0, 0.05) is 13.0 Å². The van der Waals surface area contributed by atoms with Gasteiger partial charge in [0.1, 0.15) is 5.78 Å². The fourth-order valence-electron chi connectivity index (χ4n) is 0.563. The molecule has 0 atom stereocenters. The minimum atomic E-state index is -0.257. The number of Topliss-reactive ketones (excluding diaryl/α,β-unsaturated/α-hetero) is 1. The van der Waals surface area contributed by atoms with Gasteiger partial charge in [0.15, 0.2) is 0 Å². The van der Waals surface area contributed by atoms with Crippen LogP contribution in [0.3, 0.4) is 0 Å². The van der Waals surface area contributed by atoms with Crippen molar-refractivity contribution < 1.29 is 9.59 Å². The molecule has 3 nitrogen and oxygen atoms in total.